The smallest absolute Gasteiger partial charge is 0.343 e. The van der Waals surface area contributed by atoms with Crippen molar-refractivity contribution < 1.29 is 27.6 Å². The lowest BCUT2D eigenvalue weighted by Crippen LogP contribution is -2.60. The summed E-state index contributed by atoms with van der Waals surface area (Å²) in [7, 11) is 1.46. The van der Waals surface area contributed by atoms with Crippen LogP contribution >= 0.6 is 23.2 Å². The molecule has 0 spiro atoms. The van der Waals surface area contributed by atoms with Crippen LogP contribution < -0.4 is 4.90 Å². The third-order valence-corrected chi connectivity index (χ3v) is 9.58. The molecule has 12 heteroatoms. The third kappa shape index (κ3) is 9.09. The van der Waals surface area contributed by atoms with Crippen molar-refractivity contribution in [3.8, 4) is 0 Å². The highest BCUT2D eigenvalue weighted by Crippen LogP contribution is 2.34. The Kier molecular flexibility index (Phi) is 11.2. The van der Waals surface area contributed by atoms with E-state index in [0.717, 1.165) is 24.1 Å². The molecule has 2 aromatic carbocycles. The van der Waals surface area contributed by atoms with Gasteiger partial charge in [0.2, 0.25) is 11.8 Å². The first-order valence-corrected chi connectivity index (χ1v) is 16.4. The van der Waals surface area contributed by atoms with Crippen LogP contribution in [-0.2, 0) is 22.2 Å². The summed E-state index contributed by atoms with van der Waals surface area (Å²) in [4.78, 5) is 46.8. The molecule has 1 atom stereocenters. The second-order valence-corrected chi connectivity index (χ2v) is 14.5. The summed E-state index contributed by atoms with van der Waals surface area (Å²) in [5.41, 5.74) is 0.572. The maximum Gasteiger partial charge on any atom is 0.416 e. The maximum atomic E-state index is 13.9. The van der Waals surface area contributed by atoms with Crippen LogP contribution in [0.5, 0.6) is 0 Å². The largest absolute Gasteiger partial charge is 0.416 e. The van der Waals surface area contributed by atoms with Crippen molar-refractivity contribution in [2.24, 2.45) is 11.3 Å². The molecule has 0 bridgehead atoms. The van der Waals surface area contributed by atoms with E-state index in [-0.39, 0.29) is 41.9 Å². The second-order valence-electron chi connectivity index (χ2n) is 13.7. The Hall–Kier alpha value is -2.98. The minimum atomic E-state index is -4.55. The standard InChI is InChI=1S/C34H43Cl2F3N4O3/c1-22-16-25(34(37,38)39)20-26(17-22)40(5)32(46)43-15-14-42(21-27(43)18-23-6-7-28(35)29(36)19-23)31(45)24-9-12-41(13-10-24)30(44)8-11-33(2,3)4/h6-7,16-17,19-20,24,27H,8-15,18,21H2,1-5H3/t27-/m1/s1. The number of halogens is 5. The number of urea groups is 1. The molecule has 4 rings (SSSR count). The van der Waals surface area contributed by atoms with E-state index in [1.54, 1.807) is 34.9 Å². The Balaban J connectivity index is 1.49. The van der Waals surface area contributed by atoms with Crippen LogP contribution in [0.3, 0.4) is 0 Å². The molecular weight excluding hydrogens is 640 g/mol. The lowest BCUT2D eigenvalue weighted by Gasteiger charge is -2.44. The minimum Gasteiger partial charge on any atom is -0.343 e. The van der Waals surface area contributed by atoms with E-state index in [0.29, 0.717) is 60.9 Å². The highest BCUT2D eigenvalue weighted by Gasteiger charge is 2.38. The summed E-state index contributed by atoms with van der Waals surface area (Å²) < 4.78 is 40.7. The fourth-order valence-corrected chi connectivity index (χ4v) is 6.44. The number of aryl methyl sites for hydroxylation is 1. The van der Waals surface area contributed by atoms with E-state index in [2.05, 4.69) is 20.8 Å². The molecular formula is C34H43Cl2F3N4O3. The predicted octanol–water partition coefficient (Wildman–Crippen LogP) is 7.70. The van der Waals surface area contributed by atoms with E-state index >= 15 is 0 Å². The summed E-state index contributed by atoms with van der Waals surface area (Å²) >= 11 is 12.4. The first kappa shape index (κ1) is 35.9. The topological polar surface area (TPSA) is 64.2 Å². The van der Waals surface area contributed by atoms with Gasteiger partial charge in [-0.05, 0) is 79.5 Å². The van der Waals surface area contributed by atoms with Gasteiger partial charge in [-0.25, -0.2) is 4.79 Å². The third-order valence-electron chi connectivity index (χ3n) is 8.84. The number of piperidine rings is 1. The molecule has 4 amide bonds. The summed E-state index contributed by atoms with van der Waals surface area (Å²) in [6.45, 7) is 9.71. The molecule has 2 aliphatic rings. The summed E-state index contributed by atoms with van der Waals surface area (Å²) in [5.74, 6) is -0.111. The minimum absolute atomic E-state index is 0.00474. The molecule has 0 N–H and O–H groups in total. The molecule has 2 saturated heterocycles. The Labute approximate surface area is 279 Å². The molecule has 2 aromatic rings. The van der Waals surface area contributed by atoms with Gasteiger partial charge >= 0.3 is 12.2 Å². The van der Waals surface area contributed by atoms with Gasteiger partial charge in [0.1, 0.15) is 0 Å². The monoisotopic (exact) mass is 682 g/mol. The van der Waals surface area contributed by atoms with Gasteiger partial charge in [0.05, 0.1) is 21.7 Å². The van der Waals surface area contributed by atoms with Crippen LogP contribution in [0.4, 0.5) is 23.7 Å². The quantitative estimate of drug-likeness (QED) is 0.314. The molecule has 252 valence electrons. The number of alkyl halides is 3. The number of hydrogen-bond donors (Lipinski definition) is 0. The van der Waals surface area contributed by atoms with E-state index < -0.39 is 23.8 Å². The molecule has 0 saturated carbocycles. The normalized spacial score (nSPS) is 18.1. The van der Waals surface area contributed by atoms with E-state index in [4.69, 9.17) is 23.2 Å². The fraction of sp³-hybridized carbons (Fsp3) is 0.559. The zero-order valence-electron chi connectivity index (χ0n) is 27.1. The van der Waals surface area contributed by atoms with Crippen molar-refractivity contribution in [1.29, 1.82) is 0 Å². The number of nitrogens with zero attached hydrogens (tertiary/aromatic N) is 4. The van der Waals surface area contributed by atoms with Gasteiger partial charge in [-0.3, -0.25) is 14.5 Å². The number of piperazine rings is 1. The Morgan fingerprint density at radius 2 is 1.59 bits per heavy atom. The van der Waals surface area contributed by atoms with Gasteiger partial charge in [-0.1, -0.05) is 50.0 Å². The molecule has 46 heavy (non-hydrogen) atoms. The molecule has 0 radical (unpaired) electrons. The number of hydrogen-bond acceptors (Lipinski definition) is 3. The zero-order chi connectivity index (χ0) is 34.0. The Morgan fingerprint density at radius 3 is 2.20 bits per heavy atom. The zero-order valence-corrected chi connectivity index (χ0v) is 28.6. The SMILES string of the molecule is Cc1cc(N(C)C(=O)N2CCN(C(=O)C3CCN(C(=O)CCC(C)(C)C)CC3)C[C@H]2Cc2ccc(Cl)c(Cl)c2)cc(C(F)(F)F)c1. The number of benzene rings is 2. The number of carbonyl (C=O) groups is 3. The number of anilines is 1. The lowest BCUT2D eigenvalue weighted by molar-refractivity contribution is -0.142. The molecule has 0 aromatic heterocycles. The first-order valence-electron chi connectivity index (χ1n) is 15.7. The lowest BCUT2D eigenvalue weighted by atomic mass is 9.89. The van der Waals surface area contributed by atoms with Gasteiger partial charge in [-0.15, -0.1) is 0 Å². The number of amides is 4. The van der Waals surface area contributed by atoms with Gasteiger partial charge in [-0.2, -0.15) is 13.2 Å². The molecule has 0 aliphatic carbocycles. The van der Waals surface area contributed by atoms with Crippen LogP contribution in [0.1, 0.15) is 63.1 Å². The van der Waals surface area contributed by atoms with Gasteiger partial charge in [0.25, 0.3) is 0 Å². The number of rotatable bonds is 6. The van der Waals surface area contributed by atoms with E-state index in [9.17, 15) is 27.6 Å². The Morgan fingerprint density at radius 1 is 0.913 bits per heavy atom. The van der Waals surface area contributed by atoms with Crippen molar-refractivity contribution in [3.05, 3.63) is 63.1 Å². The molecule has 2 aliphatic heterocycles. The van der Waals surface area contributed by atoms with Crippen LogP contribution in [0.2, 0.25) is 10.0 Å². The molecule has 2 heterocycles. The molecule has 0 unspecified atom stereocenters. The van der Waals surface area contributed by atoms with E-state index in [1.807, 2.05) is 11.0 Å². The summed E-state index contributed by atoms with van der Waals surface area (Å²) in [5, 5.41) is 0.753. The average molecular weight is 684 g/mol. The number of likely N-dealkylation sites (tertiary alicyclic amines) is 1. The van der Waals surface area contributed by atoms with Crippen molar-refractivity contribution in [2.45, 2.75) is 72.0 Å². The van der Waals surface area contributed by atoms with Crippen molar-refractivity contribution >= 4 is 46.7 Å². The van der Waals surface area contributed by atoms with Gasteiger partial charge in [0, 0.05) is 57.8 Å². The highest BCUT2D eigenvalue weighted by atomic mass is 35.5. The highest BCUT2D eigenvalue weighted by molar-refractivity contribution is 6.42. The summed E-state index contributed by atoms with van der Waals surface area (Å²) in [6.07, 6.45) is -1.74. The molecule has 2 fully saturated rings. The van der Waals surface area contributed by atoms with Gasteiger partial charge in [0.15, 0.2) is 0 Å². The fourth-order valence-electron chi connectivity index (χ4n) is 6.12. The predicted molar refractivity (Wildman–Crippen MR) is 175 cm³/mol. The van der Waals surface area contributed by atoms with Crippen molar-refractivity contribution in [1.82, 2.24) is 14.7 Å². The first-order chi connectivity index (χ1) is 21.4. The van der Waals surface area contributed by atoms with E-state index in [1.165, 1.54) is 11.9 Å². The average Bonchev–Trinajstić information content (AvgIpc) is 2.99. The van der Waals surface area contributed by atoms with Crippen LogP contribution in [0.25, 0.3) is 0 Å². The van der Waals surface area contributed by atoms with Crippen molar-refractivity contribution in [2.75, 3.05) is 44.7 Å². The van der Waals surface area contributed by atoms with Crippen molar-refractivity contribution in [3.63, 3.8) is 0 Å². The van der Waals surface area contributed by atoms with Crippen LogP contribution in [-0.4, -0.2) is 78.4 Å². The molecule has 7 nitrogen and oxygen atoms in total. The van der Waals surface area contributed by atoms with Crippen LogP contribution in [0.15, 0.2) is 36.4 Å². The van der Waals surface area contributed by atoms with Gasteiger partial charge < -0.3 is 14.7 Å². The van der Waals surface area contributed by atoms with Crippen LogP contribution in [0, 0.1) is 18.3 Å². The summed E-state index contributed by atoms with van der Waals surface area (Å²) in [6, 6.07) is 7.84. The Bertz CT molecular complexity index is 1440. The number of carbonyl (C=O) groups excluding carboxylic acids is 3. The second kappa shape index (κ2) is 14.4. The maximum absolute atomic E-state index is 13.9.